The number of fused-ring (bicyclic) bond motifs is 1. The average Bonchev–Trinajstić information content (AvgIpc) is 2.36. The highest BCUT2D eigenvalue weighted by atomic mass is 32.1. The second-order valence-electron chi connectivity index (χ2n) is 2.66. The van der Waals surface area contributed by atoms with Gasteiger partial charge in [0.25, 0.3) is 0 Å². The van der Waals surface area contributed by atoms with Crippen LogP contribution < -0.4 is 5.73 Å². The van der Waals surface area contributed by atoms with E-state index in [-0.39, 0.29) is 6.04 Å². The van der Waals surface area contributed by atoms with E-state index in [1.54, 1.807) is 11.3 Å². The van der Waals surface area contributed by atoms with Gasteiger partial charge >= 0.3 is 0 Å². The van der Waals surface area contributed by atoms with Gasteiger partial charge in [-0.3, -0.25) is 0 Å². The molecule has 1 aromatic heterocycles. The molecular formula is C7H10N2S. The predicted molar refractivity (Wildman–Crippen MR) is 42.0 cm³/mol. The number of nitrogens with two attached hydrogens (primary N) is 1. The minimum absolute atomic E-state index is 0.274. The first-order valence-corrected chi connectivity index (χ1v) is 4.44. The first-order chi connectivity index (χ1) is 4.88. The number of nitrogens with zero attached hydrogens (tertiary/aromatic N) is 1. The Morgan fingerprint density at radius 2 is 2.60 bits per heavy atom. The zero-order valence-corrected chi connectivity index (χ0v) is 6.53. The maximum Gasteiger partial charge on any atom is 0.0798 e. The van der Waals surface area contributed by atoms with Crippen molar-refractivity contribution in [2.24, 2.45) is 5.73 Å². The van der Waals surface area contributed by atoms with E-state index in [4.69, 9.17) is 5.73 Å². The molecule has 0 amide bonds. The van der Waals surface area contributed by atoms with E-state index >= 15 is 0 Å². The summed E-state index contributed by atoms with van der Waals surface area (Å²) in [6.45, 7) is 0. The molecule has 0 aliphatic heterocycles. The summed E-state index contributed by atoms with van der Waals surface area (Å²) in [4.78, 5) is 5.56. The molecular weight excluding hydrogens is 144 g/mol. The van der Waals surface area contributed by atoms with E-state index in [0.29, 0.717) is 0 Å². The average molecular weight is 154 g/mol. The summed E-state index contributed by atoms with van der Waals surface area (Å²) < 4.78 is 0. The molecule has 0 bridgehead atoms. The van der Waals surface area contributed by atoms with E-state index in [1.807, 2.05) is 5.51 Å². The van der Waals surface area contributed by atoms with Gasteiger partial charge in [-0.2, -0.15) is 0 Å². The molecule has 3 heteroatoms. The molecule has 1 atom stereocenters. The molecule has 0 aromatic carbocycles. The Kier molecular flexibility index (Phi) is 1.47. The van der Waals surface area contributed by atoms with Crippen LogP contribution in [0.5, 0.6) is 0 Å². The third-order valence-corrected chi connectivity index (χ3v) is 2.94. The van der Waals surface area contributed by atoms with E-state index in [1.165, 1.54) is 17.0 Å². The Bertz CT molecular complexity index is 231. The van der Waals surface area contributed by atoms with Gasteiger partial charge in [0, 0.05) is 10.9 Å². The molecule has 0 radical (unpaired) electrons. The topological polar surface area (TPSA) is 38.9 Å². The minimum Gasteiger partial charge on any atom is -0.323 e. The molecule has 0 spiro atoms. The first-order valence-electron chi connectivity index (χ1n) is 3.56. The summed E-state index contributed by atoms with van der Waals surface area (Å²) in [5.74, 6) is 0. The van der Waals surface area contributed by atoms with Gasteiger partial charge in [-0.15, -0.1) is 11.3 Å². The van der Waals surface area contributed by atoms with Gasteiger partial charge in [0.15, 0.2) is 0 Å². The summed E-state index contributed by atoms with van der Waals surface area (Å²) in [5, 5.41) is 0. The van der Waals surface area contributed by atoms with Crippen molar-refractivity contribution in [3.05, 3.63) is 16.1 Å². The Labute approximate surface area is 64.1 Å². The molecule has 2 N–H and O–H groups in total. The molecule has 1 aliphatic carbocycles. The standard InChI is InChI=1S/C7H10N2S/c8-5-2-1-3-6-7(5)10-4-9-6/h4-5H,1-3,8H2/t5-/m1/s1. The van der Waals surface area contributed by atoms with Crippen LogP contribution in [0.1, 0.15) is 29.5 Å². The van der Waals surface area contributed by atoms with Gasteiger partial charge in [0.1, 0.15) is 0 Å². The van der Waals surface area contributed by atoms with Gasteiger partial charge in [0.2, 0.25) is 0 Å². The number of aryl methyl sites for hydroxylation is 1. The molecule has 1 heterocycles. The van der Waals surface area contributed by atoms with Crippen LogP contribution in [0.2, 0.25) is 0 Å². The lowest BCUT2D eigenvalue weighted by molar-refractivity contribution is 0.573. The maximum atomic E-state index is 5.86. The molecule has 2 nitrogen and oxygen atoms in total. The zero-order valence-electron chi connectivity index (χ0n) is 5.71. The fourth-order valence-corrected chi connectivity index (χ4v) is 2.27. The van der Waals surface area contributed by atoms with Crippen LogP contribution in [0.25, 0.3) is 0 Å². The van der Waals surface area contributed by atoms with Crippen LogP contribution in [0, 0.1) is 0 Å². The zero-order chi connectivity index (χ0) is 6.97. The second kappa shape index (κ2) is 2.32. The molecule has 0 fully saturated rings. The number of hydrogen-bond acceptors (Lipinski definition) is 3. The van der Waals surface area contributed by atoms with Crippen LogP contribution in [-0.4, -0.2) is 4.98 Å². The summed E-state index contributed by atoms with van der Waals surface area (Å²) in [6.07, 6.45) is 3.47. The minimum atomic E-state index is 0.274. The van der Waals surface area contributed by atoms with Crippen molar-refractivity contribution in [2.75, 3.05) is 0 Å². The highest BCUT2D eigenvalue weighted by Gasteiger charge is 2.18. The van der Waals surface area contributed by atoms with Crippen molar-refractivity contribution in [2.45, 2.75) is 25.3 Å². The Hall–Kier alpha value is -0.410. The van der Waals surface area contributed by atoms with Gasteiger partial charge in [-0.05, 0) is 19.3 Å². The van der Waals surface area contributed by atoms with Crippen LogP contribution in [0.3, 0.4) is 0 Å². The van der Waals surface area contributed by atoms with Crippen molar-refractivity contribution in [1.29, 1.82) is 0 Å². The van der Waals surface area contributed by atoms with Crippen molar-refractivity contribution < 1.29 is 0 Å². The third kappa shape index (κ3) is 0.859. The van der Waals surface area contributed by atoms with Gasteiger partial charge in [-0.25, -0.2) is 4.98 Å². The SMILES string of the molecule is N[C@@H]1CCCc2ncsc21. The lowest BCUT2D eigenvalue weighted by Crippen LogP contribution is -2.15. The summed E-state index contributed by atoms with van der Waals surface area (Å²) in [6, 6.07) is 0.274. The predicted octanol–water partition coefficient (Wildman–Crippen LogP) is 1.48. The quantitative estimate of drug-likeness (QED) is 0.614. The summed E-state index contributed by atoms with van der Waals surface area (Å²) >= 11 is 1.70. The lowest BCUT2D eigenvalue weighted by Gasteiger charge is -2.15. The fraction of sp³-hybridized carbons (Fsp3) is 0.571. The van der Waals surface area contributed by atoms with Crippen LogP contribution in [-0.2, 0) is 6.42 Å². The van der Waals surface area contributed by atoms with Crippen LogP contribution in [0.4, 0.5) is 0 Å². The third-order valence-electron chi connectivity index (χ3n) is 1.94. The number of rotatable bonds is 0. The van der Waals surface area contributed by atoms with Crippen molar-refractivity contribution in [3.8, 4) is 0 Å². The fourth-order valence-electron chi connectivity index (χ4n) is 1.39. The molecule has 1 aromatic rings. The lowest BCUT2D eigenvalue weighted by atomic mass is 9.99. The van der Waals surface area contributed by atoms with Crippen LogP contribution >= 0.6 is 11.3 Å². The molecule has 54 valence electrons. The first kappa shape index (κ1) is 6.31. The molecule has 2 rings (SSSR count). The highest BCUT2D eigenvalue weighted by Crippen LogP contribution is 2.29. The Morgan fingerprint density at radius 3 is 3.40 bits per heavy atom. The largest absolute Gasteiger partial charge is 0.323 e. The number of thiazole rings is 1. The molecule has 1 aliphatic rings. The summed E-state index contributed by atoms with van der Waals surface area (Å²) in [5.41, 5.74) is 9.00. The summed E-state index contributed by atoms with van der Waals surface area (Å²) in [7, 11) is 0. The molecule has 0 saturated heterocycles. The Morgan fingerprint density at radius 1 is 1.70 bits per heavy atom. The van der Waals surface area contributed by atoms with Gasteiger partial charge in [-0.1, -0.05) is 0 Å². The second-order valence-corrected chi connectivity index (χ2v) is 3.55. The highest BCUT2D eigenvalue weighted by molar-refractivity contribution is 7.09. The van der Waals surface area contributed by atoms with Crippen LogP contribution in [0.15, 0.2) is 5.51 Å². The van der Waals surface area contributed by atoms with E-state index in [9.17, 15) is 0 Å². The Balaban J connectivity index is 2.41. The van der Waals surface area contributed by atoms with Gasteiger partial charge < -0.3 is 5.73 Å². The van der Waals surface area contributed by atoms with E-state index < -0.39 is 0 Å². The normalized spacial score (nSPS) is 24.3. The maximum absolute atomic E-state index is 5.86. The molecule has 0 saturated carbocycles. The van der Waals surface area contributed by atoms with E-state index in [0.717, 1.165) is 12.8 Å². The van der Waals surface area contributed by atoms with E-state index in [2.05, 4.69) is 4.98 Å². The molecule has 0 unspecified atom stereocenters. The number of aromatic nitrogens is 1. The number of hydrogen-bond donors (Lipinski definition) is 1. The monoisotopic (exact) mass is 154 g/mol. The van der Waals surface area contributed by atoms with Crippen molar-refractivity contribution in [1.82, 2.24) is 4.98 Å². The van der Waals surface area contributed by atoms with Gasteiger partial charge in [0.05, 0.1) is 11.2 Å². The smallest absolute Gasteiger partial charge is 0.0798 e. The molecule has 10 heavy (non-hydrogen) atoms. The van der Waals surface area contributed by atoms with Crippen molar-refractivity contribution >= 4 is 11.3 Å². The van der Waals surface area contributed by atoms with Crippen molar-refractivity contribution in [3.63, 3.8) is 0 Å².